The van der Waals surface area contributed by atoms with Crippen LogP contribution in [0.1, 0.15) is 12.5 Å². The van der Waals surface area contributed by atoms with Crippen molar-refractivity contribution in [3.8, 4) is 5.75 Å². The van der Waals surface area contributed by atoms with Crippen LogP contribution in [0.5, 0.6) is 5.75 Å². The summed E-state index contributed by atoms with van der Waals surface area (Å²) in [5, 5.41) is 8.81. The molecule has 1 atom stereocenters. The van der Waals surface area contributed by atoms with Gasteiger partial charge in [0.1, 0.15) is 5.75 Å². The molecule has 2 rings (SSSR count). The number of hydrogen-bond donors (Lipinski definition) is 1. The maximum atomic E-state index is 10.7. The smallest absolute Gasteiger partial charge is 0.344 e. The molecule has 0 unspecified atom stereocenters. The van der Waals surface area contributed by atoms with Gasteiger partial charge in [0.2, 0.25) is 0 Å². The summed E-state index contributed by atoms with van der Waals surface area (Å²) in [5.74, 6) is -0.462. The normalized spacial score (nSPS) is 12.3. The molecule has 0 bridgehead atoms. The molecular weight excluding hydrogens is 298 g/mol. The van der Waals surface area contributed by atoms with E-state index in [1.54, 1.807) is 30.1 Å². The molecule has 0 aliphatic rings. The average molecular weight is 315 g/mol. The third kappa shape index (κ3) is 4.36. The Morgan fingerprint density at radius 3 is 2.55 bits per heavy atom. The summed E-state index contributed by atoms with van der Waals surface area (Å²) in [6.45, 7) is 1.50. The van der Waals surface area contributed by atoms with Crippen LogP contribution in [0, 0.1) is 0 Å². The lowest BCUT2D eigenvalue weighted by atomic mass is 10.2. The molecule has 0 radical (unpaired) electrons. The van der Waals surface area contributed by atoms with Gasteiger partial charge in [-0.2, -0.15) is 0 Å². The van der Waals surface area contributed by atoms with Crippen LogP contribution in [0.3, 0.4) is 0 Å². The molecule has 0 heterocycles. The predicted octanol–water partition coefficient (Wildman–Crippen LogP) is 4.01. The summed E-state index contributed by atoms with van der Waals surface area (Å²) >= 11 is 1.65. The number of carboxylic acid groups (broad SMARTS) is 1. The summed E-state index contributed by atoms with van der Waals surface area (Å²) in [6.07, 6.45) is 2.93. The van der Waals surface area contributed by atoms with E-state index in [9.17, 15) is 4.79 Å². The summed E-state index contributed by atoms with van der Waals surface area (Å²) in [7, 11) is 0. The summed E-state index contributed by atoms with van der Waals surface area (Å²) in [4.78, 5) is 16.3. The first kappa shape index (κ1) is 16.1. The number of aliphatic imine (C=N–C) groups is 1. The minimum absolute atomic E-state index is 0.525. The largest absolute Gasteiger partial charge is 0.479 e. The Balaban J connectivity index is 2.08. The van der Waals surface area contributed by atoms with E-state index in [4.69, 9.17) is 9.84 Å². The number of para-hydroxylation sites is 1. The van der Waals surface area contributed by atoms with Crippen molar-refractivity contribution in [1.82, 2.24) is 0 Å². The van der Waals surface area contributed by atoms with Gasteiger partial charge in [0, 0.05) is 11.1 Å². The molecule has 0 saturated heterocycles. The third-order valence-corrected chi connectivity index (χ3v) is 3.76. The van der Waals surface area contributed by atoms with E-state index in [0.717, 1.165) is 16.1 Å². The zero-order valence-corrected chi connectivity index (χ0v) is 13.2. The molecule has 22 heavy (non-hydrogen) atoms. The number of thioether (sulfide) groups is 1. The number of hydrogen-bond acceptors (Lipinski definition) is 4. The number of nitrogens with zero attached hydrogens (tertiary/aromatic N) is 1. The third-order valence-electron chi connectivity index (χ3n) is 2.98. The van der Waals surface area contributed by atoms with Crippen molar-refractivity contribution in [3.63, 3.8) is 0 Å². The minimum atomic E-state index is -0.987. The predicted molar refractivity (Wildman–Crippen MR) is 89.6 cm³/mol. The molecule has 114 valence electrons. The standard InChI is InChI=1S/C17H17NO3S/c1-12(17(19)20)21-14-9-7-13(8-10-14)11-18-15-5-3-4-6-16(15)22-2/h3-12H,1-2H3,(H,19,20)/t12-/m1/s1. The Bertz CT molecular complexity index is 668. The van der Waals surface area contributed by atoms with E-state index in [2.05, 4.69) is 4.99 Å². The van der Waals surface area contributed by atoms with Gasteiger partial charge < -0.3 is 9.84 Å². The molecule has 2 aromatic carbocycles. The minimum Gasteiger partial charge on any atom is -0.479 e. The highest BCUT2D eigenvalue weighted by molar-refractivity contribution is 7.98. The molecule has 0 saturated carbocycles. The summed E-state index contributed by atoms with van der Waals surface area (Å²) < 4.78 is 5.28. The van der Waals surface area contributed by atoms with E-state index in [1.165, 1.54) is 6.92 Å². The van der Waals surface area contributed by atoms with Gasteiger partial charge in [-0.25, -0.2) is 4.79 Å². The monoisotopic (exact) mass is 315 g/mol. The highest BCUT2D eigenvalue weighted by Crippen LogP contribution is 2.27. The van der Waals surface area contributed by atoms with Crippen molar-refractivity contribution in [2.75, 3.05) is 6.26 Å². The molecule has 0 spiro atoms. The number of rotatable bonds is 6. The Morgan fingerprint density at radius 2 is 1.91 bits per heavy atom. The maximum Gasteiger partial charge on any atom is 0.344 e. The summed E-state index contributed by atoms with van der Waals surface area (Å²) in [5.41, 5.74) is 1.85. The van der Waals surface area contributed by atoms with Crippen molar-refractivity contribution in [2.45, 2.75) is 17.9 Å². The number of ether oxygens (including phenoxy) is 1. The van der Waals surface area contributed by atoms with Gasteiger partial charge in [-0.05, 0) is 55.1 Å². The maximum absolute atomic E-state index is 10.7. The first-order valence-electron chi connectivity index (χ1n) is 6.77. The van der Waals surface area contributed by atoms with Crippen LogP contribution < -0.4 is 4.74 Å². The van der Waals surface area contributed by atoms with Gasteiger partial charge >= 0.3 is 5.97 Å². The van der Waals surface area contributed by atoms with Gasteiger partial charge in [0.15, 0.2) is 6.10 Å². The van der Waals surface area contributed by atoms with E-state index < -0.39 is 12.1 Å². The quantitative estimate of drug-likeness (QED) is 0.646. The highest BCUT2D eigenvalue weighted by atomic mass is 32.2. The lowest BCUT2D eigenvalue weighted by molar-refractivity contribution is -0.144. The summed E-state index contributed by atoms with van der Waals surface area (Å²) in [6, 6.07) is 15.1. The number of carbonyl (C=O) groups is 1. The first-order chi connectivity index (χ1) is 10.6. The van der Waals surface area contributed by atoms with Gasteiger partial charge in [0.25, 0.3) is 0 Å². The lowest BCUT2D eigenvalue weighted by Gasteiger charge is -2.10. The Labute approximate surface area is 133 Å². The molecule has 0 aliphatic carbocycles. The van der Waals surface area contributed by atoms with Crippen molar-refractivity contribution in [2.24, 2.45) is 4.99 Å². The van der Waals surface area contributed by atoms with Crippen LogP contribution in [0.15, 0.2) is 58.4 Å². The van der Waals surface area contributed by atoms with Crippen molar-refractivity contribution < 1.29 is 14.6 Å². The van der Waals surface area contributed by atoms with Crippen LogP contribution in [0.2, 0.25) is 0 Å². The molecule has 0 aliphatic heterocycles. The number of benzene rings is 2. The van der Waals surface area contributed by atoms with Gasteiger partial charge in [0.05, 0.1) is 5.69 Å². The topological polar surface area (TPSA) is 58.9 Å². The molecular formula is C17H17NO3S. The fourth-order valence-corrected chi connectivity index (χ4v) is 2.31. The van der Waals surface area contributed by atoms with E-state index in [-0.39, 0.29) is 0 Å². The zero-order chi connectivity index (χ0) is 15.9. The SMILES string of the molecule is CSc1ccccc1N=Cc1ccc(O[C@H](C)C(=O)O)cc1. The average Bonchev–Trinajstić information content (AvgIpc) is 2.54. The first-order valence-corrected chi connectivity index (χ1v) is 7.99. The van der Waals surface area contributed by atoms with Crippen LogP contribution in [0.4, 0.5) is 5.69 Å². The highest BCUT2D eigenvalue weighted by Gasteiger charge is 2.11. The van der Waals surface area contributed by atoms with Gasteiger partial charge in [-0.15, -0.1) is 11.8 Å². The molecule has 2 aromatic rings. The van der Waals surface area contributed by atoms with E-state index >= 15 is 0 Å². The lowest BCUT2D eigenvalue weighted by Crippen LogP contribution is -2.22. The van der Waals surface area contributed by atoms with Crippen LogP contribution >= 0.6 is 11.8 Å². The van der Waals surface area contributed by atoms with Crippen molar-refractivity contribution in [1.29, 1.82) is 0 Å². The van der Waals surface area contributed by atoms with E-state index in [1.807, 2.05) is 42.7 Å². The van der Waals surface area contributed by atoms with Crippen LogP contribution in [-0.2, 0) is 4.79 Å². The van der Waals surface area contributed by atoms with E-state index in [0.29, 0.717) is 5.75 Å². The second-order valence-electron chi connectivity index (χ2n) is 4.60. The molecule has 0 fully saturated rings. The molecule has 4 nitrogen and oxygen atoms in total. The fourth-order valence-electron chi connectivity index (χ4n) is 1.77. The van der Waals surface area contributed by atoms with Crippen LogP contribution in [0.25, 0.3) is 0 Å². The van der Waals surface area contributed by atoms with Crippen molar-refractivity contribution >= 4 is 29.6 Å². The Kier molecular flexibility index (Phi) is 5.61. The number of carboxylic acids is 1. The second kappa shape index (κ2) is 7.66. The number of aliphatic carboxylic acids is 1. The molecule has 5 heteroatoms. The molecule has 1 N–H and O–H groups in total. The van der Waals surface area contributed by atoms with Crippen molar-refractivity contribution in [3.05, 3.63) is 54.1 Å². The molecule has 0 aromatic heterocycles. The van der Waals surface area contributed by atoms with Gasteiger partial charge in [-0.1, -0.05) is 12.1 Å². The zero-order valence-electron chi connectivity index (χ0n) is 12.4. The Hall–Kier alpha value is -2.27. The van der Waals surface area contributed by atoms with Crippen LogP contribution in [-0.4, -0.2) is 29.7 Å². The molecule has 0 amide bonds. The Morgan fingerprint density at radius 1 is 1.23 bits per heavy atom. The van der Waals surface area contributed by atoms with Gasteiger partial charge in [-0.3, -0.25) is 4.99 Å². The second-order valence-corrected chi connectivity index (χ2v) is 5.45. The fraction of sp³-hybridized carbons (Fsp3) is 0.176.